The fourth-order valence-corrected chi connectivity index (χ4v) is 4.62. The average Bonchev–Trinajstić information content (AvgIpc) is 3.42. The molecule has 8 heteroatoms. The van der Waals surface area contributed by atoms with Gasteiger partial charge in [0, 0.05) is 44.0 Å². The second-order valence-corrected chi connectivity index (χ2v) is 8.47. The molecule has 1 saturated heterocycles. The van der Waals surface area contributed by atoms with Gasteiger partial charge in [-0.2, -0.15) is 0 Å². The first-order valence-electron chi connectivity index (χ1n) is 10.1. The molecule has 1 N–H and O–H groups in total. The predicted molar refractivity (Wildman–Crippen MR) is 121 cm³/mol. The summed E-state index contributed by atoms with van der Waals surface area (Å²) in [6.45, 7) is 2.98. The van der Waals surface area contributed by atoms with Gasteiger partial charge in [-0.05, 0) is 42.8 Å². The van der Waals surface area contributed by atoms with Crippen molar-refractivity contribution in [3.05, 3.63) is 66.6 Å². The fraction of sp³-hybridized carbons (Fsp3) is 0.217. The smallest absolute Gasteiger partial charge is 0.241 e. The predicted octanol–water partition coefficient (Wildman–Crippen LogP) is 4.96. The number of carbonyl (C=O) groups is 1. The average molecular weight is 432 g/mol. The molecular weight excluding hydrogens is 410 g/mol. The van der Waals surface area contributed by atoms with Crippen LogP contribution in [-0.4, -0.2) is 38.8 Å². The van der Waals surface area contributed by atoms with Crippen LogP contribution in [0.3, 0.4) is 0 Å². The summed E-state index contributed by atoms with van der Waals surface area (Å²) in [5, 5.41) is 4.19. The van der Waals surface area contributed by atoms with Crippen molar-refractivity contribution in [2.24, 2.45) is 0 Å². The topological polar surface area (TPSA) is 80.2 Å². The molecule has 0 saturated carbocycles. The molecule has 31 heavy (non-hydrogen) atoms. The monoisotopic (exact) mass is 431 g/mol. The summed E-state index contributed by atoms with van der Waals surface area (Å²) in [6.07, 6.45) is 4.16. The van der Waals surface area contributed by atoms with Gasteiger partial charge in [-0.15, -0.1) is 0 Å². The SMILES string of the molecule is CC(=O)N1CCC(c2nccnc2Oc2ccc(Nc3nc4ccccc4s3)cc2)C1. The first kappa shape index (κ1) is 19.4. The lowest BCUT2D eigenvalue weighted by molar-refractivity contribution is -0.127. The van der Waals surface area contributed by atoms with Crippen molar-refractivity contribution in [2.75, 3.05) is 18.4 Å². The lowest BCUT2D eigenvalue weighted by Gasteiger charge is -2.15. The number of hydrogen-bond acceptors (Lipinski definition) is 7. The Morgan fingerprint density at radius 1 is 1.13 bits per heavy atom. The summed E-state index contributed by atoms with van der Waals surface area (Å²) in [4.78, 5) is 27.0. The van der Waals surface area contributed by atoms with E-state index in [9.17, 15) is 4.79 Å². The summed E-state index contributed by atoms with van der Waals surface area (Å²) >= 11 is 1.62. The van der Waals surface area contributed by atoms with E-state index in [2.05, 4.69) is 26.3 Å². The molecule has 5 rings (SSSR count). The van der Waals surface area contributed by atoms with Crippen molar-refractivity contribution in [1.82, 2.24) is 19.9 Å². The highest BCUT2D eigenvalue weighted by Crippen LogP contribution is 2.34. The summed E-state index contributed by atoms with van der Waals surface area (Å²) in [6, 6.07) is 15.8. The number of fused-ring (bicyclic) bond motifs is 1. The number of para-hydroxylation sites is 1. The minimum Gasteiger partial charge on any atom is -0.437 e. The molecule has 0 aliphatic carbocycles. The minimum absolute atomic E-state index is 0.0880. The molecule has 2 aromatic carbocycles. The Labute approximate surface area is 183 Å². The van der Waals surface area contributed by atoms with Crippen molar-refractivity contribution >= 4 is 38.3 Å². The van der Waals surface area contributed by atoms with E-state index in [-0.39, 0.29) is 11.8 Å². The maximum absolute atomic E-state index is 11.7. The van der Waals surface area contributed by atoms with Crippen LogP contribution in [0.15, 0.2) is 60.9 Å². The van der Waals surface area contributed by atoms with Gasteiger partial charge in [0.2, 0.25) is 11.8 Å². The number of carbonyl (C=O) groups excluding carboxylic acids is 1. The highest BCUT2D eigenvalue weighted by molar-refractivity contribution is 7.22. The first-order chi connectivity index (χ1) is 15.2. The van der Waals surface area contributed by atoms with E-state index in [1.54, 1.807) is 30.7 Å². The Morgan fingerprint density at radius 3 is 2.71 bits per heavy atom. The molecule has 1 unspecified atom stereocenters. The van der Waals surface area contributed by atoms with Gasteiger partial charge in [-0.25, -0.2) is 9.97 Å². The van der Waals surface area contributed by atoms with Gasteiger partial charge in [-0.1, -0.05) is 23.5 Å². The molecule has 1 amide bonds. The van der Waals surface area contributed by atoms with Crippen molar-refractivity contribution in [3.63, 3.8) is 0 Å². The number of nitrogens with one attached hydrogen (secondary N) is 1. The van der Waals surface area contributed by atoms with E-state index in [1.165, 1.54) is 0 Å². The fourth-order valence-electron chi connectivity index (χ4n) is 3.73. The van der Waals surface area contributed by atoms with E-state index >= 15 is 0 Å². The third kappa shape index (κ3) is 4.20. The zero-order chi connectivity index (χ0) is 21.2. The second kappa shape index (κ2) is 8.31. The normalized spacial score (nSPS) is 15.9. The summed E-state index contributed by atoms with van der Waals surface area (Å²) < 4.78 is 7.20. The molecule has 0 bridgehead atoms. The minimum atomic E-state index is 0.0880. The molecular formula is C23H21N5O2S. The lowest BCUT2D eigenvalue weighted by atomic mass is 10.1. The van der Waals surface area contributed by atoms with Crippen LogP contribution in [0.4, 0.5) is 10.8 Å². The number of aromatic nitrogens is 3. The summed E-state index contributed by atoms with van der Waals surface area (Å²) in [7, 11) is 0. The zero-order valence-electron chi connectivity index (χ0n) is 17.0. The van der Waals surface area contributed by atoms with Crippen LogP contribution in [0, 0.1) is 0 Å². The Hall–Kier alpha value is -3.52. The largest absolute Gasteiger partial charge is 0.437 e. The number of amides is 1. The highest BCUT2D eigenvalue weighted by Gasteiger charge is 2.29. The summed E-state index contributed by atoms with van der Waals surface area (Å²) in [5.74, 6) is 1.39. The van der Waals surface area contributed by atoms with Crippen molar-refractivity contribution in [2.45, 2.75) is 19.3 Å². The number of benzene rings is 2. The van der Waals surface area contributed by atoms with Gasteiger partial charge < -0.3 is 15.0 Å². The van der Waals surface area contributed by atoms with Crippen molar-refractivity contribution in [1.29, 1.82) is 0 Å². The molecule has 3 heterocycles. The molecule has 1 atom stereocenters. The number of nitrogens with zero attached hydrogens (tertiary/aromatic N) is 4. The number of thiazole rings is 1. The quantitative estimate of drug-likeness (QED) is 0.481. The van der Waals surface area contributed by atoms with Crippen LogP contribution in [0.1, 0.15) is 25.0 Å². The van der Waals surface area contributed by atoms with E-state index in [4.69, 9.17) is 4.74 Å². The zero-order valence-corrected chi connectivity index (χ0v) is 17.8. The molecule has 0 spiro atoms. The molecule has 1 aliphatic heterocycles. The second-order valence-electron chi connectivity index (χ2n) is 7.44. The van der Waals surface area contributed by atoms with Gasteiger partial charge in [0.15, 0.2) is 5.13 Å². The van der Waals surface area contributed by atoms with Crippen LogP contribution in [0.5, 0.6) is 11.6 Å². The van der Waals surface area contributed by atoms with Crippen LogP contribution in [-0.2, 0) is 4.79 Å². The molecule has 7 nitrogen and oxygen atoms in total. The van der Waals surface area contributed by atoms with E-state index < -0.39 is 0 Å². The summed E-state index contributed by atoms with van der Waals surface area (Å²) in [5.41, 5.74) is 2.71. The van der Waals surface area contributed by atoms with Gasteiger partial charge >= 0.3 is 0 Å². The Balaban J connectivity index is 1.29. The molecule has 2 aromatic heterocycles. The highest BCUT2D eigenvalue weighted by atomic mass is 32.1. The first-order valence-corrected chi connectivity index (χ1v) is 10.9. The van der Waals surface area contributed by atoms with E-state index in [0.717, 1.165) is 39.7 Å². The van der Waals surface area contributed by atoms with Crippen LogP contribution >= 0.6 is 11.3 Å². The molecule has 4 aromatic rings. The van der Waals surface area contributed by atoms with Crippen molar-refractivity contribution in [3.8, 4) is 11.6 Å². The van der Waals surface area contributed by atoms with Gasteiger partial charge in [0.1, 0.15) is 11.4 Å². The number of anilines is 2. The molecule has 0 radical (unpaired) electrons. The molecule has 1 aliphatic rings. The van der Waals surface area contributed by atoms with Gasteiger partial charge in [0.25, 0.3) is 0 Å². The van der Waals surface area contributed by atoms with Gasteiger partial charge in [0.05, 0.1) is 10.2 Å². The van der Waals surface area contributed by atoms with Gasteiger partial charge in [-0.3, -0.25) is 9.78 Å². The molecule has 1 fully saturated rings. The third-order valence-corrected chi connectivity index (χ3v) is 6.28. The number of likely N-dealkylation sites (tertiary alicyclic amines) is 1. The maximum atomic E-state index is 11.7. The Morgan fingerprint density at radius 2 is 1.94 bits per heavy atom. The van der Waals surface area contributed by atoms with E-state index in [1.807, 2.05) is 47.4 Å². The number of hydrogen-bond donors (Lipinski definition) is 1. The standard InChI is InChI=1S/C23H21N5O2S/c1-15(29)28-13-10-16(14-28)21-22(25-12-11-24-21)30-18-8-6-17(7-9-18)26-23-27-19-4-2-3-5-20(19)31-23/h2-9,11-12,16H,10,13-14H2,1H3,(H,26,27). The van der Waals surface area contributed by atoms with Crippen LogP contribution in [0.25, 0.3) is 10.2 Å². The Bertz CT molecular complexity index is 1190. The van der Waals surface area contributed by atoms with E-state index in [0.29, 0.717) is 18.2 Å². The third-order valence-electron chi connectivity index (χ3n) is 5.33. The molecule has 156 valence electrons. The number of rotatable bonds is 5. The van der Waals surface area contributed by atoms with Crippen LogP contribution < -0.4 is 10.1 Å². The lowest BCUT2D eigenvalue weighted by Crippen LogP contribution is -2.25. The van der Waals surface area contributed by atoms with Crippen molar-refractivity contribution < 1.29 is 9.53 Å². The van der Waals surface area contributed by atoms with Crippen LogP contribution in [0.2, 0.25) is 0 Å². The number of ether oxygens (including phenoxy) is 1. The Kier molecular flexibility index (Phi) is 5.21. The maximum Gasteiger partial charge on any atom is 0.241 e.